The van der Waals surface area contributed by atoms with Crippen LogP contribution in [0.1, 0.15) is 65.2 Å². The van der Waals surface area contributed by atoms with Crippen LogP contribution >= 0.6 is 0 Å². The van der Waals surface area contributed by atoms with E-state index in [1.807, 2.05) is 44.2 Å². The predicted octanol–water partition coefficient (Wildman–Crippen LogP) is 5.92. The zero-order chi connectivity index (χ0) is 28.4. The number of pyridine rings is 1. The molecule has 8 rings (SSSR count). The fourth-order valence-corrected chi connectivity index (χ4v) is 6.82. The Kier molecular flexibility index (Phi) is 8.35. The first-order chi connectivity index (χ1) is 20.1. The molecule has 2 bridgehead atoms. The molecule has 0 radical (unpaired) electrons. The Balaban J connectivity index is 0.000000458. The van der Waals surface area contributed by atoms with Crippen LogP contribution in [0.4, 0.5) is 14.6 Å². The molecular weight excluding hydrogens is 522 g/mol. The van der Waals surface area contributed by atoms with Crippen LogP contribution in [-0.4, -0.2) is 76.4 Å². The van der Waals surface area contributed by atoms with E-state index in [9.17, 15) is 4.39 Å². The van der Waals surface area contributed by atoms with Crippen LogP contribution in [0.5, 0.6) is 6.01 Å². The van der Waals surface area contributed by atoms with Gasteiger partial charge in [0.25, 0.3) is 0 Å². The molecule has 7 nitrogen and oxygen atoms in total. The van der Waals surface area contributed by atoms with Crippen molar-refractivity contribution in [2.24, 2.45) is 0 Å². The second kappa shape index (κ2) is 12.1. The minimum atomic E-state index is -0.417. The van der Waals surface area contributed by atoms with Gasteiger partial charge in [-0.15, -0.1) is 0 Å². The number of fused-ring (bicyclic) bond motifs is 4. The molecule has 0 amide bonds. The zero-order valence-corrected chi connectivity index (χ0v) is 24.3. The fraction of sp³-hybridized carbons (Fsp3) is 0.594. The van der Waals surface area contributed by atoms with Gasteiger partial charge < -0.3 is 15.0 Å². The number of nitrogens with one attached hydrogen (secondary N) is 1. The summed E-state index contributed by atoms with van der Waals surface area (Å²) >= 11 is 0. The van der Waals surface area contributed by atoms with Crippen LogP contribution in [0.25, 0.3) is 22.2 Å². The molecule has 9 heteroatoms. The van der Waals surface area contributed by atoms with Crippen molar-refractivity contribution in [2.45, 2.75) is 89.0 Å². The van der Waals surface area contributed by atoms with E-state index in [1.165, 1.54) is 12.8 Å². The van der Waals surface area contributed by atoms with Gasteiger partial charge in [-0.1, -0.05) is 44.2 Å². The van der Waals surface area contributed by atoms with Gasteiger partial charge >= 0.3 is 6.01 Å². The summed E-state index contributed by atoms with van der Waals surface area (Å²) in [4.78, 5) is 18.9. The summed E-state index contributed by atoms with van der Waals surface area (Å²) in [5, 5.41) is 4.32. The molecule has 1 aliphatic carbocycles. The van der Waals surface area contributed by atoms with Crippen molar-refractivity contribution in [3.63, 3.8) is 0 Å². The summed E-state index contributed by atoms with van der Waals surface area (Å²) in [6.07, 6.45) is 9.98. The normalized spacial score (nSPS) is 24.3. The Hall–Kier alpha value is -2.91. The van der Waals surface area contributed by atoms with Gasteiger partial charge in [-0.25, -0.2) is 8.78 Å². The van der Waals surface area contributed by atoms with E-state index < -0.39 is 12.0 Å². The molecule has 2 aromatic heterocycles. The third-order valence-corrected chi connectivity index (χ3v) is 8.99. The molecule has 5 fully saturated rings. The van der Waals surface area contributed by atoms with E-state index in [1.54, 1.807) is 6.20 Å². The quantitative estimate of drug-likeness (QED) is 0.413. The maximum absolute atomic E-state index is 16.0. The Morgan fingerprint density at radius 1 is 0.976 bits per heavy atom. The van der Waals surface area contributed by atoms with Crippen molar-refractivity contribution in [1.82, 2.24) is 25.2 Å². The minimum Gasteiger partial charge on any atom is -0.461 e. The number of piperazine rings is 1. The zero-order valence-electron chi connectivity index (χ0n) is 24.3. The number of ether oxygens (including phenoxy) is 1. The molecule has 1 N–H and O–H groups in total. The summed E-state index contributed by atoms with van der Waals surface area (Å²) in [6, 6.07) is 10.6. The molecule has 1 saturated carbocycles. The largest absolute Gasteiger partial charge is 0.461 e. The highest BCUT2D eigenvalue weighted by molar-refractivity contribution is 5.92. The number of benzene rings is 1. The second-order valence-electron chi connectivity index (χ2n) is 11.8. The summed E-state index contributed by atoms with van der Waals surface area (Å²) < 4.78 is 33.4. The Labute approximate surface area is 241 Å². The van der Waals surface area contributed by atoms with E-state index in [4.69, 9.17) is 9.72 Å². The molecule has 41 heavy (non-hydrogen) atoms. The number of rotatable bonds is 5. The summed E-state index contributed by atoms with van der Waals surface area (Å²) in [7, 11) is 0. The first-order valence-electron chi connectivity index (χ1n) is 15.5. The monoisotopic (exact) mass is 564 g/mol. The Bertz CT molecular complexity index is 1310. The second-order valence-corrected chi connectivity index (χ2v) is 11.8. The van der Waals surface area contributed by atoms with Gasteiger partial charge in [-0.3, -0.25) is 9.88 Å². The summed E-state index contributed by atoms with van der Waals surface area (Å²) in [5.41, 5.74) is 1.42. The van der Waals surface area contributed by atoms with Gasteiger partial charge in [-0.2, -0.15) is 9.97 Å². The lowest BCUT2D eigenvalue weighted by molar-refractivity contribution is 0.108. The number of halogens is 2. The van der Waals surface area contributed by atoms with Crippen molar-refractivity contribution in [1.29, 1.82) is 0 Å². The van der Waals surface area contributed by atoms with Crippen LogP contribution in [0.3, 0.4) is 0 Å². The first kappa shape index (κ1) is 28.2. The molecule has 0 spiro atoms. The van der Waals surface area contributed by atoms with Gasteiger partial charge in [0.05, 0.1) is 10.9 Å². The lowest BCUT2D eigenvalue weighted by Gasteiger charge is -2.34. The number of hydrogen-bond donors (Lipinski definition) is 1. The highest BCUT2D eigenvalue weighted by Gasteiger charge is 2.45. The molecular formula is C32H42F2N6O. The SMILES string of the molecule is CC.FC1CC1.Fc1c(-c2ccccc2)ncc2c(N3CC4CCC(C3)N4)nc(OCC34CCCN3CCC4)nc12. The first-order valence-corrected chi connectivity index (χ1v) is 15.5. The van der Waals surface area contributed by atoms with E-state index in [-0.39, 0.29) is 17.1 Å². The predicted molar refractivity (Wildman–Crippen MR) is 159 cm³/mol. The third kappa shape index (κ3) is 5.89. The van der Waals surface area contributed by atoms with Crippen molar-refractivity contribution in [2.75, 3.05) is 37.7 Å². The fourth-order valence-electron chi connectivity index (χ4n) is 6.82. The van der Waals surface area contributed by atoms with Crippen LogP contribution in [-0.2, 0) is 0 Å². The highest BCUT2D eigenvalue weighted by atomic mass is 19.1. The highest BCUT2D eigenvalue weighted by Crippen LogP contribution is 2.40. The Morgan fingerprint density at radius 3 is 2.27 bits per heavy atom. The van der Waals surface area contributed by atoms with E-state index in [0.29, 0.717) is 29.8 Å². The molecule has 2 atom stereocenters. The van der Waals surface area contributed by atoms with E-state index >= 15 is 4.39 Å². The number of nitrogens with zero attached hydrogens (tertiary/aromatic N) is 5. The van der Waals surface area contributed by atoms with Gasteiger partial charge in [-0.05, 0) is 64.5 Å². The number of anilines is 1. The van der Waals surface area contributed by atoms with Crippen LogP contribution in [0, 0.1) is 5.82 Å². The minimum absolute atomic E-state index is 0.0820. The summed E-state index contributed by atoms with van der Waals surface area (Å²) in [5.74, 6) is 0.323. The topological polar surface area (TPSA) is 66.4 Å². The lowest BCUT2D eigenvalue weighted by atomic mass is 9.95. The standard InChI is InChI=1S/C27H31FN6O.C3H5F.C2H6/c28-22-23(18-6-2-1-3-7-18)29-14-21-24(22)31-26(35-17-27-10-4-12-34(27)13-5-11-27)32-25(21)33-15-19-8-9-20(16-33)30-19;4-3-1-2-3;1-2/h1-3,6-7,14,19-20,30H,4-5,8-13,15-17H2;3H,1-2H2;1-2H3. The molecule has 220 valence electrons. The average Bonchev–Trinajstić information content (AvgIpc) is 3.36. The van der Waals surface area contributed by atoms with Crippen molar-refractivity contribution in [3.8, 4) is 17.3 Å². The maximum atomic E-state index is 16.0. The molecule has 6 heterocycles. The van der Waals surface area contributed by atoms with Gasteiger partial charge in [0.1, 0.15) is 29.8 Å². The van der Waals surface area contributed by atoms with Gasteiger partial charge in [0.15, 0.2) is 5.82 Å². The van der Waals surface area contributed by atoms with Crippen LogP contribution < -0.4 is 15.0 Å². The molecule has 3 aromatic rings. The van der Waals surface area contributed by atoms with Crippen LogP contribution in [0.15, 0.2) is 36.5 Å². The summed E-state index contributed by atoms with van der Waals surface area (Å²) in [6.45, 7) is 8.53. The van der Waals surface area contributed by atoms with E-state index in [2.05, 4.69) is 25.1 Å². The molecule has 5 aliphatic rings. The Morgan fingerprint density at radius 2 is 1.63 bits per heavy atom. The van der Waals surface area contributed by atoms with Gasteiger partial charge in [0.2, 0.25) is 0 Å². The van der Waals surface area contributed by atoms with Crippen LogP contribution in [0.2, 0.25) is 0 Å². The average molecular weight is 565 g/mol. The lowest BCUT2D eigenvalue weighted by Crippen LogP contribution is -2.51. The number of hydrogen-bond acceptors (Lipinski definition) is 7. The van der Waals surface area contributed by atoms with Crippen molar-refractivity contribution >= 4 is 16.7 Å². The molecule has 4 aliphatic heterocycles. The van der Waals surface area contributed by atoms with Crippen molar-refractivity contribution < 1.29 is 13.5 Å². The molecule has 1 aromatic carbocycles. The van der Waals surface area contributed by atoms with Gasteiger partial charge in [0, 0.05) is 36.9 Å². The van der Waals surface area contributed by atoms with E-state index in [0.717, 1.165) is 76.1 Å². The maximum Gasteiger partial charge on any atom is 0.319 e. The smallest absolute Gasteiger partial charge is 0.319 e. The molecule has 4 saturated heterocycles. The molecule has 2 unspecified atom stereocenters. The number of aromatic nitrogens is 3. The third-order valence-electron chi connectivity index (χ3n) is 8.99. The number of alkyl halides is 1. The van der Waals surface area contributed by atoms with Crippen molar-refractivity contribution in [3.05, 3.63) is 42.3 Å².